The van der Waals surface area contributed by atoms with Crippen LogP contribution in [0.2, 0.25) is 0 Å². The van der Waals surface area contributed by atoms with Crippen LogP contribution in [0, 0.1) is 0 Å². The highest BCUT2D eigenvalue weighted by Gasteiger charge is 2.24. The third-order valence-corrected chi connectivity index (χ3v) is 6.90. The van der Waals surface area contributed by atoms with Gasteiger partial charge in [0, 0.05) is 13.6 Å². The van der Waals surface area contributed by atoms with Gasteiger partial charge in [0.15, 0.2) is 0 Å². The van der Waals surface area contributed by atoms with Crippen molar-refractivity contribution in [2.24, 2.45) is 0 Å². The van der Waals surface area contributed by atoms with Gasteiger partial charge in [-0.3, -0.25) is 4.79 Å². The van der Waals surface area contributed by atoms with Crippen LogP contribution in [0.1, 0.15) is 11.6 Å². The van der Waals surface area contributed by atoms with E-state index in [4.69, 9.17) is 0 Å². The van der Waals surface area contributed by atoms with Gasteiger partial charge >= 0.3 is 0 Å². The molecule has 30 heavy (non-hydrogen) atoms. The van der Waals surface area contributed by atoms with Crippen LogP contribution in [-0.2, 0) is 14.8 Å². The van der Waals surface area contributed by atoms with Crippen LogP contribution >= 0.6 is 0 Å². The van der Waals surface area contributed by atoms with Crippen molar-refractivity contribution < 1.29 is 13.2 Å². The van der Waals surface area contributed by atoms with Gasteiger partial charge < -0.3 is 10.2 Å². The molecule has 3 aromatic carbocycles. The summed E-state index contributed by atoms with van der Waals surface area (Å²) in [5.74, 6) is -0.343. The zero-order valence-corrected chi connectivity index (χ0v) is 18.3. The standard InChI is InChI=1S/C23H27N3O3S/c1-25(2)22(19-10-5-4-6-11-19)16-24-23(27)17-26(3)30(28,29)21-14-13-18-9-7-8-12-20(18)15-21/h4-15,22H,16-17H2,1-3H3,(H,24,27)/t22-/m0/s1. The fourth-order valence-corrected chi connectivity index (χ4v) is 4.50. The quantitative estimate of drug-likeness (QED) is 0.603. The lowest BCUT2D eigenvalue weighted by Gasteiger charge is -2.25. The largest absolute Gasteiger partial charge is 0.353 e. The molecule has 1 amide bonds. The van der Waals surface area contributed by atoms with E-state index in [1.807, 2.05) is 73.6 Å². The minimum Gasteiger partial charge on any atom is -0.353 e. The predicted octanol–water partition coefficient (Wildman–Crippen LogP) is 2.88. The van der Waals surface area contributed by atoms with Crippen LogP contribution in [0.25, 0.3) is 10.8 Å². The van der Waals surface area contributed by atoms with Crippen molar-refractivity contribution in [3.8, 4) is 0 Å². The number of rotatable bonds is 8. The molecule has 3 rings (SSSR count). The number of hydrogen-bond acceptors (Lipinski definition) is 4. The fourth-order valence-electron chi connectivity index (χ4n) is 3.34. The third kappa shape index (κ3) is 5.05. The van der Waals surface area contributed by atoms with E-state index in [0.717, 1.165) is 20.6 Å². The number of hydrogen-bond donors (Lipinski definition) is 1. The Morgan fingerprint density at radius 3 is 2.20 bits per heavy atom. The Morgan fingerprint density at radius 1 is 0.900 bits per heavy atom. The van der Waals surface area contributed by atoms with E-state index in [9.17, 15) is 13.2 Å². The lowest BCUT2D eigenvalue weighted by Crippen LogP contribution is -2.41. The molecule has 158 valence electrons. The summed E-state index contributed by atoms with van der Waals surface area (Å²) in [6, 6.07) is 22.4. The van der Waals surface area contributed by atoms with Crippen molar-refractivity contribution in [2.75, 3.05) is 34.2 Å². The first kappa shape index (κ1) is 22.0. The number of amides is 1. The number of sulfonamides is 1. The normalized spacial score (nSPS) is 13.0. The predicted molar refractivity (Wildman–Crippen MR) is 120 cm³/mol. The smallest absolute Gasteiger partial charge is 0.243 e. The van der Waals surface area contributed by atoms with E-state index >= 15 is 0 Å². The second-order valence-electron chi connectivity index (χ2n) is 7.46. The molecule has 0 aromatic heterocycles. The van der Waals surface area contributed by atoms with E-state index in [0.29, 0.717) is 6.54 Å². The highest BCUT2D eigenvalue weighted by atomic mass is 32.2. The number of benzene rings is 3. The lowest BCUT2D eigenvalue weighted by atomic mass is 10.1. The SMILES string of the molecule is CN(C)[C@@H](CNC(=O)CN(C)S(=O)(=O)c1ccc2ccccc2c1)c1ccccc1. The molecule has 0 aliphatic heterocycles. The maximum absolute atomic E-state index is 12.9. The first-order valence-corrected chi connectivity index (χ1v) is 11.2. The van der Waals surface area contributed by atoms with Crippen molar-refractivity contribution in [1.82, 2.24) is 14.5 Å². The summed E-state index contributed by atoms with van der Waals surface area (Å²) < 4.78 is 26.9. The van der Waals surface area contributed by atoms with Crippen LogP contribution in [0.4, 0.5) is 0 Å². The molecule has 1 N–H and O–H groups in total. The van der Waals surface area contributed by atoms with Crippen LogP contribution in [-0.4, -0.2) is 57.8 Å². The molecule has 0 unspecified atom stereocenters. The molecule has 0 heterocycles. The Labute approximate surface area is 178 Å². The average Bonchev–Trinajstić information content (AvgIpc) is 2.74. The zero-order valence-electron chi connectivity index (χ0n) is 17.4. The minimum atomic E-state index is -3.77. The first-order chi connectivity index (χ1) is 14.3. The molecule has 0 saturated carbocycles. The van der Waals surface area contributed by atoms with Crippen molar-refractivity contribution in [3.63, 3.8) is 0 Å². The minimum absolute atomic E-state index is 0.00227. The van der Waals surface area contributed by atoms with Crippen molar-refractivity contribution in [2.45, 2.75) is 10.9 Å². The summed E-state index contributed by atoms with van der Waals surface area (Å²) in [7, 11) is 1.54. The van der Waals surface area contributed by atoms with Crippen molar-refractivity contribution in [1.29, 1.82) is 0 Å². The van der Waals surface area contributed by atoms with Crippen LogP contribution in [0.3, 0.4) is 0 Å². The Kier molecular flexibility index (Phi) is 6.87. The third-order valence-electron chi connectivity index (χ3n) is 5.10. The Bertz CT molecular complexity index is 1110. The molecule has 0 aliphatic rings. The summed E-state index contributed by atoms with van der Waals surface area (Å²) in [5.41, 5.74) is 1.08. The van der Waals surface area contributed by atoms with Gasteiger partial charge in [0.1, 0.15) is 0 Å². The number of carbonyl (C=O) groups is 1. The van der Waals surface area contributed by atoms with E-state index in [1.54, 1.807) is 18.2 Å². The van der Waals surface area contributed by atoms with Gasteiger partial charge in [0.25, 0.3) is 0 Å². The maximum Gasteiger partial charge on any atom is 0.243 e. The van der Waals surface area contributed by atoms with Gasteiger partial charge in [-0.05, 0) is 42.6 Å². The average molecular weight is 426 g/mol. The highest BCUT2D eigenvalue weighted by molar-refractivity contribution is 7.89. The van der Waals surface area contributed by atoms with E-state index in [1.165, 1.54) is 7.05 Å². The fraction of sp³-hybridized carbons (Fsp3) is 0.261. The van der Waals surface area contributed by atoms with Gasteiger partial charge in [0.05, 0.1) is 17.5 Å². The Morgan fingerprint density at radius 2 is 1.53 bits per heavy atom. The summed E-state index contributed by atoms with van der Waals surface area (Å²) in [5, 5.41) is 4.67. The molecule has 0 radical (unpaired) electrons. The van der Waals surface area contributed by atoms with E-state index in [2.05, 4.69) is 5.32 Å². The molecular formula is C23H27N3O3S. The number of nitrogens with zero attached hydrogens (tertiary/aromatic N) is 2. The monoisotopic (exact) mass is 425 g/mol. The van der Waals surface area contributed by atoms with Crippen molar-refractivity contribution in [3.05, 3.63) is 78.4 Å². The Balaban J connectivity index is 1.66. The molecule has 0 fully saturated rings. The lowest BCUT2D eigenvalue weighted by molar-refractivity contribution is -0.121. The molecular weight excluding hydrogens is 398 g/mol. The second-order valence-corrected chi connectivity index (χ2v) is 9.51. The zero-order chi connectivity index (χ0) is 21.7. The number of likely N-dealkylation sites (N-methyl/N-ethyl adjacent to an activating group) is 2. The van der Waals surface area contributed by atoms with E-state index < -0.39 is 10.0 Å². The van der Waals surface area contributed by atoms with Gasteiger partial charge in [-0.25, -0.2) is 8.42 Å². The second kappa shape index (κ2) is 9.38. The van der Waals surface area contributed by atoms with Crippen LogP contribution < -0.4 is 5.32 Å². The summed E-state index contributed by atoms with van der Waals surface area (Å²) >= 11 is 0. The molecule has 0 saturated heterocycles. The van der Waals surface area contributed by atoms with Gasteiger partial charge in [-0.2, -0.15) is 4.31 Å². The molecule has 6 nitrogen and oxygen atoms in total. The molecule has 0 aliphatic carbocycles. The molecule has 3 aromatic rings. The van der Waals surface area contributed by atoms with Gasteiger partial charge in [-0.15, -0.1) is 0 Å². The topological polar surface area (TPSA) is 69.7 Å². The van der Waals surface area contributed by atoms with Crippen LogP contribution in [0.15, 0.2) is 77.7 Å². The summed E-state index contributed by atoms with van der Waals surface area (Å²) in [6.07, 6.45) is 0. The van der Waals surface area contributed by atoms with Gasteiger partial charge in [0.2, 0.25) is 15.9 Å². The molecule has 0 spiro atoms. The molecule has 0 bridgehead atoms. The highest BCUT2D eigenvalue weighted by Crippen LogP contribution is 2.21. The number of nitrogens with one attached hydrogen (secondary N) is 1. The molecule has 7 heteroatoms. The first-order valence-electron chi connectivity index (χ1n) is 9.72. The maximum atomic E-state index is 12.9. The van der Waals surface area contributed by atoms with Crippen LogP contribution in [0.5, 0.6) is 0 Å². The molecule has 1 atom stereocenters. The van der Waals surface area contributed by atoms with Gasteiger partial charge in [-0.1, -0.05) is 60.7 Å². The summed E-state index contributed by atoms with van der Waals surface area (Å²) in [4.78, 5) is 14.7. The van der Waals surface area contributed by atoms with E-state index in [-0.39, 0.29) is 23.4 Å². The Hall–Kier alpha value is -2.74. The van der Waals surface area contributed by atoms with Crippen molar-refractivity contribution >= 4 is 26.7 Å². The summed E-state index contributed by atoms with van der Waals surface area (Å²) in [6.45, 7) is 0.143. The number of carbonyl (C=O) groups excluding carboxylic acids is 1. The number of fused-ring (bicyclic) bond motifs is 1.